The van der Waals surface area contributed by atoms with E-state index in [9.17, 15) is 14.4 Å². The number of halogens is 3. The van der Waals surface area contributed by atoms with Crippen LogP contribution in [0.1, 0.15) is 31.9 Å². The molecule has 4 rings (SSSR count). The normalized spacial score (nSPS) is 24.3. The summed E-state index contributed by atoms with van der Waals surface area (Å²) in [5.74, 6) is -2.73. The van der Waals surface area contributed by atoms with Crippen molar-refractivity contribution in [3.8, 4) is 0 Å². The maximum absolute atomic E-state index is 13.4. The molecule has 2 heterocycles. The Morgan fingerprint density at radius 3 is 1.93 bits per heavy atom. The molecule has 5 atom stereocenters. The highest BCUT2D eigenvalue weighted by atomic mass is 35.6. The number of imide groups is 1. The Kier molecular flexibility index (Phi) is 10.9. The molecule has 2 aromatic carbocycles. The average molecular weight is 654 g/mol. The average Bonchev–Trinajstić information content (AvgIpc) is 3.15. The summed E-state index contributed by atoms with van der Waals surface area (Å²) in [6.07, 6.45) is -4.98. The summed E-state index contributed by atoms with van der Waals surface area (Å²) in [4.78, 5) is 40.2. The quantitative estimate of drug-likeness (QED) is 0.127. The minimum atomic E-state index is -2.29. The molecule has 2 aliphatic rings. The summed E-state index contributed by atoms with van der Waals surface area (Å²) in [5, 5.41) is 8.24. The van der Waals surface area contributed by atoms with E-state index in [4.69, 9.17) is 63.9 Å². The summed E-state index contributed by atoms with van der Waals surface area (Å²) in [6.45, 7) is 4.34. The first kappa shape index (κ1) is 32.9. The Morgan fingerprint density at radius 2 is 1.42 bits per heavy atom. The molecule has 10 nitrogen and oxygen atoms in total. The molecule has 0 saturated carbocycles. The second-order valence-electron chi connectivity index (χ2n) is 10.0. The first-order valence-electron chi connectivity index (χ1n) is 13.4. The van der Waals surface area contributed by atoms with Crippen LogP contribution < -0.4 is 0 Å². The Hall–Kier alpha value is -2.99. The summed E-state index contributed by atoms with van der Waals surface area (Å²) < 4.78 is 27.6. The van der Waals surface area contributed by atoms with E-state index < -0.39 is 58.1 Å². The summed E-state index contributed by atoms with van der Waals surface area (Å²) in [6, 6.07) is 17.1. The number of nitrogens with zero attached hydrogens (tertiary/aromatic N) is 1. The highest BCUT2D eigenvalue weighted by molar-refractivity contribution is 6.76. The van der Waals surface area contributed by atoms with Crippen molar-refractivity contribution in [1.29, 1.82) is 5.41 Å². The molecule has 230 valence electrons. The van der Waals surface area contributed by atoms with E-state index in [1.165, 1.54) is 20.8 Å². The number of alkyl halides is 3. The molecule has 0 radical (unpaired) electrons. The molecule has 13 heteroatoms. The molecule has 2 aliphatic heterocycles. The molecule has 0 aromatic heterocycles. The molecule has 2 amide bonds. The Labute approximate surface area is 264 Å². The molecule has 0 bridgehead atoms. The van der Waals surface area contributed by atoms with Crippen LogP contribution in [0.3, 0.4) is 0 Å². The van der Waals surface area contributed by atoms with Gasteiger partial charge in [0.05, 0.1) is 19.8 Å². The lowest BCUT2D eigenvalue weighted by atomic mass is 9.94. The molecule has 1 fully saturated rings. The smallest absolute Gasteiger partial charge is 0.303 e. The van der Waals surface area contributed by atoms with Gasteiger partial charge < -0.3 is 23.7 Å². The number of hydrogen-bond acceptors (Lipinski definition) is 9. The lowest BCUT2D eigenvalue weighted by molar-refractivity contribution is -0.279. The number of hydrogen-bond donors (Lipinski definition) is 1. The molecule has 2 aromatic rings. The first-order valence-corrected chi connectivity index (χ1v) is 14.5. The van der Waals surface area contributed by atoms with Gasteiger partial charge in [-0.3, -0.25) is 24.7 Å². The van der Waals surface area contributed by atoms with Crippen molar-refractivity contribution in [2.24, 2.45) is 0 Å². The van der Waals surface area contributed by atoms with Crippen LogP contribution >= 0.6 is 34.8 Å². The number of carbonyl (C=O) groups is 3. The van der Waals surface area contributed by atoms with Crippen molar-refractivity contribution in [1.82, 2.24) is 4.90 Å². The highest BCUT2D eigenvalue weighted by Gasteiger charge is 2.57. The molecule has 43 heavy (non-hydrogen) atoms. The largest absolute Gasteiger partial charge is 0.457 e. The number of ether oxygens (including phenoxy) is 5. The third-order valence-electron chi connectivity index (χ3n) is 7.03. The van der Waals surface area contributed by atoms with Crippen molar-refractivity contribution in [2.75, 3.05) is 6.61 Å². The van der Waals surface area contributed by atoms with Gasteiger partial charge in [-0.15, -0.1) is 0 Å². The van der Waals surface area contributed by atoms with Gasteiger partial charge in [0.25, 0.3) is 15.6 Å². The van der Waals surface area contributed by atoms with E-state index in [2.05, 4.69) is 0 Å². The maximum Gasteiger partial charge on any atom is 0.303 e. The monoisotopic (exact) mass is 652 g/mol. The van der Waals surface area contributed by atoms with Gasteiger partial charge in [-0.25, -0.2) is 0 Å². The zero-order valence-corrected chi connectivity index (χ0v) is 25.9. The van der Waals surface area contributed by atoms with E-state index in [0.717, 1.165) is 16.0 Å². The van der Waals surface area contributed by atoms with Crippen LogP contribution in [0.15, 0.2) is 71.8 Å². The van der Waals surface area contributed by atoms with Crippen LogP contribution in [0, 0.1) is 5.41 Å². The maximum atomic E-state index is 13.4. The van der Waals surface area contributed by atoms with Gasteiger partial charge >= 0.3 is 5.97 Å². The van der Waals surface area contributed by atoms with Gasteiger partial charge in [0.2, 0.25) is 12.2 Å². The first-order chi connectivity index (χ1) is 20.4. The molecule has 0 unspecified atom stereocenters. The van der Waals surface area contributed by atoms with Crippen molar-refractivity contribution in [3.05, 3.63) is 82.9 Å². The van der Waals surface area contributed by atoms with Crippen molar-refractivity contribution >= 4 is 58.5 Å². The van der Waals surface area contributed by atoms with Crippen molar-refractivity contribution < 1.29 is 38.1 Å². The van der Waals surface area contributed by atoms with Gasteiger partial charge in [0.1, 0.15) is 18.2 Å². The van der Waals surface area contributed by atoms with Gasteiger partial charge in [-0.1, -0.05) is 95.5 Å². The lowest BCUT2D eigenvalue weighted by Gasteiger charge is -2.47. The SMILES string of the molecule is CC(=O)O[C@H]1[C@H](OCc2ccccc2)[C@@H](N2C(=O)C(C)=C(C)C2=O)[C@H](OC(=N)C(Cl)(Cl)Cl)O[C@@H]1COCc1ccccc1. The number of nitrogens with one attached hydrogen (secondary N) is 1. The molecular formula is C30H31Cl3N2O8. The third kappa shape index (κ3) is 7.94. The minimum absolute atomic E-state index is 0.00754. The molecule has 0 spiro atoms. The Morgan fingerprint density at radius 1 is 0.884 bits per heavy atom. The number of esters is 1. The van der Waals surface area contributed by atoms with Gasteiger partial charge in [-0.05, 0) is 25.0 Å². The standard InChI is InChI=1S/C30H31Cl3N2O8/c1-17-18(2)27(38)35(26(17)37)23-25(40-15-21-12-8-5-9-13-21)24(41-19(3)36)22(16-39-14-20-10-6-4-7-11-20)42-28(23)43-29(34)30(31,32)33/h4-13,22-25,28,34H,14-16H2,1-3H3/t22-,23-,24-,25-,28+/m1/s1. The van der Waals surface area contributed by atoms with Crippen LogP contribution in [0.2, 0.25) is 0 Å². The molecule has 1 saturated heterocycles. The molecule has 0 aliphatic carbocycles. The summed E-state index contributed by atoms with van der Waals surface area (Å²) in [5.41, 5.74) is 2.06. The van der Waals surface area contributed by atoms with Crippen LogP contribution in [0.5, 0.6) is 0 Å². The van der Waals surface area contributed by atoms with E-state index >= 15 is 0 Å². The van der Waals surface area contributed by atoms with E-state index in [1.807, 2.05) is 60.7 Å². The van der Waals surface area contributed by atoms with Gasteiger partial charge in [0, 0.05) is 18.1 Å². The zero-order valence-electron chi connectivity index (χ0n) is 23.6. The zero-order chi connectivity index (χ0) is 31.3. The molecule has 1 N–H and O–H groups in total. The summed E-state index contributed by atoms with van der Waals surface area (Å²) in [7, 11) is 0. The van der Waals surface area contributed by atoms with Crippen molar-refractivity contribution in [2.45, 2.75) is 68.4 Å². The van der Waals surface area contributed by atoms with E-state index in [-0.39, 0.29) is 31.0 Å². The Balaban J connectivity index is 1.74. The summed E-state index contributed by atoms with van der Waals surface area (Å²) >= 11 is 17.8. The number of benzene rings is 2. The predicted molar refractivity (Wildman–Crippen MR) is 158 cm³/mol. The van der Waals surface area contributed by atoms with Gasteiger partial charge in [0.15, 0.2) is 6.10 Å². The van der Waals surface area contributed by atoms with Crippen LogP contribution in [0.25, 0.3) is 0 Å². The second kappa shape index (κ2) is 14.2. The number of amides is 2. The van der Waals surface area contributed by atoms with E-state index in [0.29, 0.717) is 0 Å². The Bertz CT molecular complexity index is 1340. The fourth-order valence-electron chi connectivity index (χ4n) is 4.78. The lowest BCUT2D eigenvalue weighted by Crippen LogP contribution is -2.68. The van der Waals surface area contributed by atoms with Crippen molar-refractivity contribution in [3.63, 3.8) is 0 Å². The number of rotatable bonds is 10. The second-order valence-corrected chi connectivity index (χ2v) is 12.3. The topological polar surface area (TPSA) is 124 Å². The minimum Gasteiger partial charge on any atom is -0.457 e. The fourth-order valence-corrected chi connectivity index (χ4v) is 4.91. The third-order valence-corrected chi connectivity index (χ3v) is 7.54. The van der Waals surface area contributed by atoms with Crippen LogP contribution in [0.4, 0.5) is 0 Å². The predicted octanol–water partition coefficient (Wildman–Crippen LogP) is 4.88. The number of carbonyl (C=O) groups excluding carboxylic acids is 3. The van der Waals surface area contributed by atoms with E-state index in [1.54, 1.807) is 0 Å². The van der Waals surface area contributed by atoms with Crippen LogP contribution in [-0.2, 0) is 51.3 Å². The highest BCUT2D eigenvalue weighted by Crippen LogP contribution is 2.37. The molecular weight excluding hydrogens is 623 g/mol. The van der Waals surface area contributed by atoms with Crippen LogP contribution in [-0.4, -0.2) is 69.6 Å². The van der Waals surface area contributed by atoms with Gasteiger partial charge in [-0.2, -0.15) is 0 Å². The fraction of sp³-hybridized carbons (Fsp3) is 0.400.